The molecule has 2 aliphatic carbocycles. The van der Waals surface area contributed by atoms with Gasteiger partial charge in [-0.15, -0.1) is 0 Å². The second kappa shape index (κ2) is 14.9. The Morgan fingerprint density at radius 2 is 1.12 bits per heavy atom. The predicted octanol–water partition coefficient (Wildman–Crippen LogP) is 3.40. The van der Waals surface area contributed by atoms with E-state index >= 15 is 0 Å². The van der Waals surface area contributed by atoms with Crippen LogP contribution in [0.25, 0.3) is 0 Å². The van der Waals surface area contributed by atoms with E-state index in [-0.39, 0.29) is 11.8 Å². The molecule has 7 nitrogen and oxygen atoms in total. The van der Waals surface area contributed by atoms with E-state index in [2.05, 4.69) is 29.4 Å². The lowest BCUT2D eigenvalue weighted by Crippen LogP contribution is -2.41. The zero-order chi connectivity index (χ0) is 23.3. The third-order valence-corrected chi connectivity index (χ3v) is 6.92. The first-order chi connectivity index (χ1) is 15.4. The number of ether oxygens (including phenoxy) is 2. The first kappa shape index (κ1) is 27.1. The lowest BCUT2D eigenvalue weighted by molar-refractivity contribution is -0.122. The number of nitrogens with zero attached hydrogens (tertiary/aromatic N) is 1. The Labute approximate surface area is 195 Å². The molecule has 2 fully saturated rings. The number of carbonyl (C=O) groups excluding carboxylic acids is 2. The minimum atomic E-state index is 0.153. The second-order valence-electron chi connectivity index (χ2n) is 9.66. The molecule has 0 atom stereocenters. The summed E-state index contributed by atoms with van der Waals surface area (Å²) in [6, 6.07) is 1.11. The van der Waals surface area contributed by atoms with Crippen LogP contribution in [-0.4, -0.2) is 73.4 Å². The summed E-state index contributed by atoms with van der Waals surface area (Å²) in [6.45, 7) is 11.6. The fourth-order valence-corrected chi connectivity index (χ4v) is 4.71. The molecule has 2 aliphatic rings. The van der Waals surface area contributed by atoms with Crippen molar-refractivity contribution in [3.8, 4) is 0 Å². The van der Waals surface area contributed by atoms with E-state index in [4.69, 9.17) is 9.47 Å². The number of rotatable bonds is 13. The minimum absolute atomic E-state index is 0.153. The summed E-state index contributed by atoms with van der Waals surface area (Å²) in [5.41, 5.74) is 0. The molecule has 7 heteroatoms. The fourth-order valence-electron chi connectivity index (χ4n) is 4.71. The smallest absolute Gasteiger partial charge is 0.219 e. The van der Waals surface area contributed by atoms with Gasteiger partial charge >= 0.3 is 0 Å². The monoisotopic (exact) mass is 453 g/mol. The van der Waals surface area contributed by atoms with Gasteiger partial charge in [-0.2, -0.15) is 0 Å². The van der Waals surface area contributed by atoms with Crippen molar-refractivity contribution in [1.29, 1.82) is 0 Å². The van der Waals surface area contributed by atoms with Crippen LogP contribution < -0.4 is 10.6 Å². The van der Waals surface area contributed by atoms with Crippen molar-refractivity contribution < 1.29 is 19.1 Å². The summed E-state index contributed by atoms with van der Waals surface area (Å²) in [7, 11) is 0. The van der Waals surface area contributed by atoms with Gasteiger partial charge in [0.1, 0.15) is 0 Å². The molecule has 0 aliphatic heterocycles. The van der Waals surface area contributed by atoms with Crippen molar-refractivity contribution >= 4 is 11.8 Å². The second-order valence-corrected chi connectivity index (χ2v) is 9.66. The average molecular weight is 454 g/mol. The quantitative estimate of drug-likeness (QED) is 0.447. The summed E-state index contributed by atoms with van der Waals surface area (Å²) < 4.78 is 12.3. The first-order valence-corrected chi connectivity index (χ1v) is 13.0. The van der Waals surface area contributed by atoms with Gasteiger partial charge in [0.15, 0.2) is 0 Å². The molecule has 0 bridgehead atoms. The molecule has 2 saturated carbocycles. The molecular formula is C25H47N3O4. The number of hydrogen-bond acceptors (Lipinski definition) is 5. The maximum absolute atomic E-state index is 11.6. The topological polar surface area (TPSA) is 79.9 Å². The van der Waals surface area contributed by atoms with E-state index < -0.39 is 0 Å². The Kier molecular flexibility index (Phi) is 12.6. The van der Waals surface area contributed by atoms with Gasteiger partial charge in [-0.05, 0) is 65.2 Å². The highest BCUT2D eigenvalue weighted by Gasteiger charge is 2.24. The predicted molar refractivity (Wildman–Crippen MR) is 128 cm³/mol. The Bertz CT molecular complexity index is 497. The zero-order valence-corrected chi connectivity index (χ0v) is 20.9. The summed E-state index contributed by atoms with van der Waals surface area (Å²) in [5.74, 6) is 0.306. The minimum Gasteiger partial charge on any atom is -0.377 e. The van der Waals surface area contributed by atoms with Crippen LogP contribution in [0.2, 0.25) is 0 Å². The number of nitrogens with one attached hydrogen (secondary N) is 2. The number of amides is 2. The summed E-state index contributed by atoms with van der Waals surface area (Å²) in [4.78, 5) is 25.5. The van der Waals surface area contributed by atoms with Gasteiger partial charge in [-0.1, -0.05) is 13.8 Å². The molecule has 2 N–H and O–H groups in total. The van der Waals surface area contributed by atoms with Gasteiger partial charge in [0, 0.05) is 44.1 Å². The van der Waals surface area contributed by atoms with Crippen molar-refractivity contribution in [3.63, 3.8) is 0 Å². The summed E-state index contributed by atoms with van der Waals surface area (Å²) in [5, 5.41) is 6.21. The third kappa shape index (κ3) is 10.2. The molecule has 0 aromatic rings. The molecule has 2 rings (SSSR count). The molecular weight excluding hydrogens is 406 g/mol. The van der Waals surface area contributed by atoms with E-state index in [1.807, 2.05) is 13.8 Å². The van der Waals surface area contributed by atoms with Crippen molar-refractivity contribution in [1.82, 2.24) is 15.5 Å². The first-order valence-electron chi connectivity index (χ1n) is 13.0. The zero-order valence-electron chi connectivity index (χ0n) is 20.9. The Morgan fingerprint density at radius 3 is 1.44 bits per heavy atom. The van der Waals surface area contributed by atoms with Crippen LogP contribution >= 0.6 is 0 Å². The highest BCUT2D eigenvalue weighted by Crippen LogP contribution is 2.22. The summed E-state index contributed by atoms with van der Waals surface area (Å²) in [6.07, 6.45) is 9.93. The Hall–Kier alpha value is -1.18. The van der Waals surface area contributed by atoms with Crippen LogP contribution in [0.4, 0.5) is 0 Å². The molecule has 32 heavy (non-hydrogen) atoms. The third-order valence-electron chi connectivity index (χ3n) is 6.92. The van der Waals surface area contributed by atoms with E-state index in [9.17, 15) is 9.59 Å². The molecule has 0 saturated heterocycles. The van der Waals surface area contributed by atoms with Crippen molar-refractivity contribution in [2.45, 2.75) is 122 Å². The van der Waals surface area contributed by atoms with Gasteiger partial charge in [0.25, 0.3) is 0 Å². The van der Waals surface area contributed by atoms with Crippen molar-refractivity contribution in [3.05, 3.63) is 0 Å². The van der Waals surface area contributed by atoms with Gasteiger partial charge in [-0.3, -0.25) is 14.5 Å². The highest BCUT2D eigenvalue weighted by atomic mass is 16.5. The van der Waals surface area contributed by atoms with Gasteiger partial charge in [0.2, 0.25) is 11.8 Å². The largest absolute Gasteiger partial charge is 0.377 e. The normalized spacial score (nSPS) is 26.3. The van der Waals surface area contributed by atoms with Crippen LogP contribution in [-0.2, 0) is 19.1 Å². The van der Waals surface area contributed by atoms with Crippen LogP contribution in [0.5, 0.6) is 0 Å². The Balaban J connectivity index is 1.57. The number of carbonyl (C=O) groups is 2. The van der Waals surface area contributed by atoms with Crippen LogP contribution in [0.15, 0.2) is 0 Å². The van der Waals surface area contributed by atoms with E-state index in [1.165, 1.54) is 0 Å². The number of hydrogen-bond donors (Lipinski definition) is 2. The standard InChI is InChI=1S/C25H47N3O4/c1-5-24(29)26-20-7-11-22(12-8-20)31-17-15-28(19(3)4)16-18-32-23-13-9-21(10-14-23)27-25(30)6-2/h19-23H,5-18H2,1-4H3,(H,26,29)(H,27,30). The van der Waals surface area contributed by atoms with Gasteiger partial charge in [0.05, 0.1) is 25.4 Å². The SMILES string of the molecule is CCC(=O)NC1CCC(OCCN(CCOC2CCC(NC(=O)CC)CC2)C(C)C)CC1. The molecule has 186 valence electrons. The van der Waals surface area contributed by atoms with E-state index in [0.29, 0.717) is 43.2 Å². The van der Waals surface area contributed by atoms with Gasteiger partial charge < -0.3 is 20.1 Å². The maximum Gasteiger partial charge on any atom is 0.219 e. The molecule has 0 aromatic carbocycles. The molecule has 0 aromatic heterocycles. The molecule has 0 radical (unpaired) electrons. The average Bonchev–Trinajstić information content (AvgIpc) is 2.79. The van der Waals surface area contributed by atoms with E-state index in [1.54, 1.807) is 0 Å². The highest BCUT2D eigenvalue weighted by molar-refractivity contribution is 5.76. The van der Waals surface area contributed by atoms with Gasteiger partial charge in [-0.25, -0.2) is 0 Å². The van der Waals surface area contributed by atoms with Crippen molar-refractivity contribution in [2.24, 2.45) is 0 Å². The Morgan fingerprint density at radius 1 is 0.750 bits per heavy atom. The molecule has 0 spiro atoms. The fraction of sp³-hybridized carbons (Fsp3) is 0.920. The lowest BCUT2D eigenvalue weighted by atomic mass is 9.93. The van der Waals surface area contributed by atoms with E-state index in [0.717, 1.165) is 77.7 Å². The maximum atomic E-state index is 11.6. The summed E-state index contributed by atoms with van der Waals surface area (Å²) >= 11 is 0. The lowest BCUT2D eigenvalue weighted by Gasteiger charge is -2.32. The molecule has 0 heterocycles. The van der Waals surface area contributed by atoms with Crippen molar-refractivity contribution in [2.75, 3.05) is 26.3 Å². The molecule has 2 amide bonds. The molecule has 0 unspecified atom stereocenters. The van der Waals surface area contributed by atoms with Crippen LogP contribution in [0.1, 0.15) is 91.9 Å². The van der Waals surface area contributed by atoms with Crippen LogP contribution in [0, 0.1) is 0 Å². The van der Waals surface area contributed by atoms with Crippen LogP contribution in [0.3, 0.4) is 0 Å².